The van der Waals surface area contributed by atoms with Crippen molar-refractivity contribution in [3.05, 3.63) is 60.0 Å². The van der Waals surface area contributed by atoms with Gasteiger partial charge in [-0.3, -0.25) is 4.98 Å². The Morgan fingerprint density at radius 2 is 2.04 bits per heavy atom. The van der Waals surface area contributed by atoms with Gasteiger partial charge in [0.05, 0.1) is 23.9 Å². The fourth-order valence-electron chi connectivity index (χ4n) is 2.49. The van der Waals surface area contributed by atoms with Crippen molar-refractivity contribution in [2.45, 2.75) is 19.7 Å². The summed E-state index contributed by atoms with van der Waals surface area (Å²) in [6, 6.07) is 12.7. The number of aryl methyl sites for hydroxylation is 1. The number of hydrogen-bond donors (Lipinski definition) is 1. The average Bonchev–Trinajstić information content (AvgIpc) is 2.96. The van der Waals surface area contributed by atoms with E-state index < -0.39 is 6.36 Å². The molecule has 0 saturated carbocycles. The Morgan fingerprint density at radius 1 is 1.22 bits per heavy atom. The Labute approximate surface area is 152 Å². The number of nitrogens with one attached hydrogen (secondary N) is 1. The summed E-state index contributed by atoms with van der Waals surface area (Å²) in [5.41, 5.74) is 2.52. The van der Waals surface area contributed by atoms with Gasteiger partial charge in [-0.15, -0.1) is 18.3 Å². The van der Waals surface area contributed by atoms with Crippen LogP contribution in [0.25, 0.3) is 5.69 Å². The number of halogens is 3. The van der Waals surface area contributed by atoms with Crippen molar-refractivity contribution >= 4 is 11.5 Å². The lowest BCUT2D eigenvalue weighted by Gasteiger charge is -2.10. The van der Waals surface area contributed by atoms with Crippen LogP contribution in [0.15, 0.2) is 48.7 Å². The number of benzene rings is 1. The normalized spacial score (nSPS) is 11.1. The second kappa shape index (κ2) is 7.37. The monoisotopic (exact) mass is 373 g/mol. The molecule has 2 heterocycles. The van der Waals surface area contributed by atoms with E-state index in [0.717, 1.165) is 11.4 Å². The van der Waals surface area contributed by atoms with Crippen LogP contribution in [0, 0.1) is 18.3 Å². The summed E-state index contributed by atoms with van der Waals surface area (Å²) >= 11 is 0. The second-order valence-corrected chi connectivity index (χ2v) is 5.62. The minimum absolute atomic E-state index is 0.118. The van der Waals surface area contributed by atoms with Crippen molar-refractivity contribution in [3.8, 4) is 17.5 Å². The Bertz CT molecular complexity index is 991. The molecule has 0 amide bonds. The molecule has 0 atom stereocenters. The Morgan fingerprint density at radius 3 is 2.74 bits per heavy atom. The summed E-state index contributed by atoms with van der Waals surface area (Å²) in [4.78, 5) is 4.13. The van der Waals surface area contributed by atoms with Gasteiger partial charge in [0, 0.05) is 29.7 Å². The predicted octanol–water partition coefficient (Wildman–Crippen LogP) is 4.28. The first-order chi connectivity index (χ1) is 12.8. The molecular formula is C18H14F3N5O. The summed E-state index contributed by atoms with van der Waals surface area (Å²) in [5, 5.41) is 16.4. The molecule has 3 aromatic rings. The zero-order valence-corrected chi connectivity index (χ0v) is 14.2. The molecule has 6 nitrogen and oxygen atoms in total. The topological polar surface area (TPSA) is 75.8 Å². The van der Waals surface area contributed by atoms with E-state index in [-0.39, 0.29) is 12.2 Å². The van der Waals surface area contributed by atoms with Crippen LogP contribution in [-0.2, 0) is 6.42 Å². The molecule has 0 fully saturated rings. The third-order valence-electron chi connectivity index (χ3n) is 3.51. The van der Waals surface area contributed by atoms with Crippen molar-refractivity contribution in [1.82, 2.24) is 14.8 Å². The number of hydrogen-bond acceptors (Lipinski definition) is 5. The van der Waals surface area contributed by atoms with E-state index >= 15 is 0 Å². The summed E-state index contributed by atoms with van der Waals surface area (Å²) < 4.78 is 42.6. The molecule has 0 spiro atoms. The molecular weight excluding hydrogens is 359 g/mol. The van der Waals surface area contributed by atoms with Crippen LogP contribution in [0.5, 0.6) is 5.75 Å². The predicted molar refractivity (Wildman–Crippen MR) is 91.8 cm³/mol. The van der Waals surface area contributed by atoms with Gasteiger partial charge in [-0.2, -0.15) is 5.26 Å². The van der Waals surface area contributed by atoms with Gasteiger partial charge in [0.25, 0.3) is 0 Å². The van der Waals surface area contributed by atoms with Gasteiger partial charge in [-0.05, 0) is 31.2 Å². The Kier molecular flexibility index (Phi) is 4.98. The van der Waals surface area contributed by atoms with Gasteiger partial charge >= 0.3 is 6.36 Å². The lowest BCUT2D eigenvalue weighted by Crippen LogP contribution is -2.17. The molecule has 0 unspecified atom stereocenters. The number of anilines is 2. The van der Waals surface area contributed by atoms with E-state index in [4.69, 9.17) is 5.26 Å². The van der Waals surface area contributed by atoms with Gasteiger partial charge in [-0.1, -0.05) is 6.07 Å². The van der Waals surface area contributed by atoms with Crippen molar-refractivity contribution in [2.24, 2.45) is 0 Å². The van der Waals surface area contributed by atoms with Crippen LogP contribution >= 0.6 is 0 Å². The molecule has 3 rings (SSSR count). The van der Waals surface area contributed by atoms with E-state index in [9.17, 15) is 13.2 Å². The third kappa shape index (κ3) is 4.76. The SMILES string of the molecule is Cc1cc(-n2nc(Nc3cccc(OC(F)(F)F)c3)cc2CC#N)ccn1. The van der Waals surface area contributed by atoms with Crippen LogP contribution in [-0.4, -0.2) is 21.1 Å². The van der Waals surface area contributed by atoms with Gasteiger partial charge in [0.1, 0.15) is 5.75 Å². The van der Waals surface area contributed by atoms with Crippen molar-refractivity contribution in [2.75, 3.05) is 5.32 Å². The fourth-order valence-corrected chi connectivity index (χ4v) is 2.49. The highest BCUT2D eigenvalue weighted by Gasteiger charge is 2.31. The quantitative estimate of drug-likeness (QED) is 0.722. The lowest BCUT2D eigenvalue weighted by molar-refractivity contribution is -0.274. The van der Waals surface area contributed by atoms with Crippen LogP contribution in [0.2, 0.25) is 0 Å². The van der Waals surface area contributed by atoms with E-state index in [1.165, 1.54) is 18.2 Å². The molecule has 0 saturated heterocycles. The summed E-state index contributed by atoms with van der Waals surface area (Å²) in [6.45, 7) is 1.84. The molecule has 138 valence electrons. The number of alkyl halides is 3. The number of nitrogens with zero attached hydrogens (tertiary/aromatic N) is 4. The number of ether oxygens (including phenoxy) is 1. The molecule has 2 aromatic heterocycles. The first-order valence-electron chi connectivity index (χ1n) is 7.86. The molecule has 27 heavy (non-hydrogen) atoms. The molecule has 0 radical (unpaired) electrons. The highest BCUT2D eigenvalue weighted by Crippen LogP contribution is 2.27. The smallest absolute Gasteiger partial charge is 0.406 e. The van der Waals surface area contributed by atoms with Crippen LogP contribution in [0.1, 0.15) is 11.4 Å². The zero-order valence-electron chi connectivity index (χ0n) is 14.2. The second-order valence-electron chi connectivity index (χ2n) is 5.62. The maximum atomic E-state index is 12.4. The van der Waals surface area contributed by atoms with Crippen molar-refractivity contribution < 1.29 is 17.9 Å². The van der Waals surface area contributed by atoms with Crippen LogP contribution in [0.4, 0.5) is 24.7 Å². The number of pyridine rings is 1. The van der Waals surface area contributed by atoms with E-state index in [0.29, 0.717) is 17.2 Å². The standard InChI is InChI=1S/C18H14F3N5O/c1-12-9-15(6-8-23-12)26-14(5-7-22)11-17(25-26)24-13-3-2-4-16(10-13)27-18(19,20)21/h2-4,6,8-11H,5H2,1H3,(H,24,25). The highest BCUT2D eigenvalue weighted by atomic mass is 19.4. The molecule has 1 N–H and O–H groups in total. The maximum Gasteiger partial charge on any atom is 0.573 e. The molecule has 0 aliphatic rings. The van der Waals surface area contributed by atoms with Crippen LogP contribution < -0.4 is 10.1 Å². The molecule has 0 bridgehead atoms. The highest BCUT2D eigenvalue weighted by molar-refractivity contribution is 5.59. The summed E-state index contributed by atoms with van der Waals surface area (Å²) in [7, 11) is 0. The lowest BCUT2D eigenvalue weighted by atomic mass is 10.3. The molecule has 9 heteroatoms. The first-order valence-corrected chi connectivity index (χ1v) is 7.86. The minimum atomic E-state index is -4.76. The van der Waals surface area contributed by atoms with Gasteiger partial charge in [-0.25, -0.2) is 4.68 Å². The molecule has 0 aliphatic heterocycles. The maximum absolute atomic E-state index is 12.4. The zero-order chi connectivity index (χ0) is 19.4. The van der Waals surface area contributed by atoms with Crippen molar-refractivity contribution in [3.63, 3.8) is 0 Å². The number of aromatic nitrogens is 3. The minimum Gasteiger partial charge on any atom is -0.406 e. The van der Waals surface area contributed by atoms with E-state index in [1.807, 2.05) is 13.0 Å². The van der Waals surface area contributed by atoms with Crippen LogP contribution in [0.3, 0.4) is 0 Å². The Balaban J connectivity index is 1.89. The summed E-state index contributed by atoms with van der Waals surface area (Å²) in [6.07, 6.45) is -3.01. The van der Waals surface area contributed by atoms with Gasteiger partial charge < -0.3 is 10.1 Å². The fraction of sp³-hybridized carbons (Fsp3) is 0.167. The Hall–Kier alpha value is -3.54. The largest absolute Gasteiger partial charge is 0.573 e. The van der Waals surface area contributed by atoms with Crippen molar-refractivity contribution in [1.29, 1.82) is 5.26 Å². The molecule has 1 aromatic carbocycles. The van der Waals surface area contributed by atoms with Gasteiger partial charge in [0.15, 0.2) is 5.82 Å². The number of rotatable bonds is 5. The van der Waals surface area contributed by atoms with E-state index in [2.05, 4.69) is 26.2 Å². The third-order valence-corrected chi connectivity index (χ3v) is 3.51. The average molecular weight is 373 g/mol. The number of nitriles is 1. The van der Waals surface area contributed by atoms with E-state index in [1.54, 1.807) is 29.1 Å². The van der Waals surface area contributed by atoms with Gasteiger partial charge in [0.2, 0.25) is 0 Å². The summed E-state index contributed by atoms with van der Waals surface area (Å²) in [5.74, 6) is 0.0489. The molecule has 0 aliphatic carbocycles. The first kappa shape index (κ1) is 18.3.